The third kappa shape index (κ3) is 3.70. The first-order valence-corrected chi connectivity index (χ1v) is 10.6. The van der Waals surface area contributed by atoms with Crippen LogP contribution in [0.15, 0.2) is 69.6 Å². The number of aryl methyl sites for hydroxylation is 1. The van der Waals surface area contributed by atoms with Gasteiger partial charge in [0.1, 0.15) is 17.1 Å². The molecule has 31 heavy (non-hydrogen) atoms. The minimum Gasteiger partial charge on any atom is -0.311 e. The molecule has 158 valence electrons. The van der Waals surface area contributed by atoms with Crippen molar-refractivity contribution in [3.8, 4) is 5.69 Å². The zero-order valence-electron chi connectivity index (χ0n) is 17.0. The van der Waals surface area contributed by atoms with E-state index in [1.165, 1.54) is 34.1 Å². The maximum absolute atomic E-state index is 13.7. The Balaban J connectivity index is 1.86. The van der Waals surface area contributed by atoms with E-state index in [4.69, 9.17) is 0 Å². The van der Waals surface area contributed by atoms with E-state index in [0.717, 1.165) is 10.3 Å². The number of rotatable bonds is 5. The van der Waals surface area contributed by atoms with Crippen LogP contribution in [0.1, 0.15) is 12.5 Å². The first-order chi connectivity index (χ1) is 14.9. The summed E-state index contributed by atoms with van der Waals surface area (Å²) in [5.74, 6) is -0.699. The molecule has 6 nitrogen and oxygen atoms in total. The van der Waals surface area contributed by atoms with E-state index in [-0.39, 0.29) is 18.1 Å². The highest BCUT2D eigenvalue weighted by Gasteiger charge is 2.21. The molecule has 2 heterocycles. The van der Waals surface area contributed by atoms with Gasteiger partial charge in [-0.3, -0.25) is 14.2 Å². The summed E-state index contributed by atoms with van der Waals surface area (Å²) < 4.78 is 16.4. The van der Waals surface area contributed by atoms with Crippen LogP contribution >= 0.6 is 11.3 Å². The minimum atomic E-state index is -0.639. The Kier molecular flexibility index (Phi) is 5.56. The van der Waals surface area contributed by atoms with Gasteiger partial charge in [-0.1, -0.05) is 18.2 Å². The summed E-state index contributed by atoms with van der Waals surface area (Å²) in [6.45, 7) is 3.63. The minimum absolute atomic E-state index is 0.227. The quantitative estimate of drug-likeness (QED) is 0.478. The molecule has 0 aliphatic carbocycles. The van der Waals surface area contributed by atoms with Crippen LogP contribution in [-0.4, -0.2) is 21.6 Å². The highest BCUT2D eigenvalue weighted by molar-refractivity contribution is 7.17. The van der Waals surface area contributed by atoms with Gasteiger partial charge in [-0.15, -0.1) is 11.3 Å². The standard InChI is InChI=1S/C23H20FN3O3S/c1-3-25(16-7-5-4-6-8-16)20(28)14-26-19-11-12-31-21(19)22(29)27(23(26)30)17-9-10-18(24)15(2)13-17/h4-13H,3,14H2,1-2H3. The lowest BCUT2D eigenvalue weighted by atomic mass is 10.2. The molecule has 0 unspecified atom stereocenters. The lowest BCUT2D eigenvalue weighted by molar-refractivity contribution is -0.119. The maximum atomic E-state index is 13.7. The molecule has 2 aromatic heterocycles. The number of fused-ring (bicyclic) bond motifs is 1. The molecule has 0 saturated carbocycles. The van der Waals surface area contributed by atoms with Crippen molar-refractivity contribution in [3.05, 3.63) is 92.2 Å². The molecule has 0 radical (unpaired) electrons. The fraction of sp³-hybridized carbons (Fsp3) is 0.174. The van der Waals surface area contributed by atoms with Gasteiger partial charge < -0.3 is 4.90 Å². The van der Waals surface area contributed by atoms with Crippen molar-refractivity contribution in [3.63, 3.8) is 0 Å². The summed E-state index contributed by atoms with van der Waals surface area (Å²) in [4.78, 5) is 41.1. The second-order valence-corrected chi connectivity index (χ2v) is 7.97. The molecule has 2 aromatic carbocycles. The van der Waals surface area contributed by atoms with Crippen molar-refractivity contribution in [2.24, 2.45) is 0 Å². The van der Waals surface area contributed by atoms with Crippen LogP contribution < -0.4 is 16.1 Å². The molecule has 0 spiro atoms. The van der Waals surface area contributed by atoms with Crippen molar-refractivity contribution in [2.45, 2.75) is 20.4 Å². The van der Waals surface area contributed by atoms with E-state index >= 15 is 0 Å². The fourth-order valence-electron chi connectivity index (χ4n) is 3.57. The molecule has 0 fully saturated rings. The van der Waals surface area contributed by atoms with E-state index in [1.807, 2.05) is 37.3 Å². The number of nitrogens with zero attached hydrogens (tertiary/aromatic N) is 3. The van der Waals surface area contributed by atoms with Gasteiger partial charge in [-0.05, 0) is 61.2 Å². The Hall–Kier alpha value is -3.52. The summed E-state index contributed by atoms with van der Waals surface area (Å²) in [7, 11) is 0. The van der Waals surface area contributed by atoms with Crippen LogP contribution in [0.4, 0.5) is 10.1 Å². The largest absolute Gasteiger partial charge is 0.336 e. The number of carbonyl (C=O) groups excluding carboxylic acids is 1. The van der Waals surface area contributed by atoms with Crippen molar-refractivity contribution < 1.29 is 9.18 Å². The van der Waals surface area contributed by atoms with Gasteiger partial charge in [0, 0.05) is 12.2 Å². The Morgan fingerprint density at radius 1 is 1.10 bits per heavy atom. The molecule has 1 amide bonds. The highest BCUT2D eigenvalue weighted by atomic mass is 32.1. The summed E-state index contributed by atoms with van der Waals surface area (Å²) in [5, 5.41) is 1.71. The van der Waals surface area contributed by atoms with Crippen molar-refractivity contribution in [1.29, 1.82) is 0 Å². The molecule has 0 aliphatic rings. The number of carbonyl (C=O) groups is 1. The molecule has 0 atom stereocenters. The molecule has 8 heteroatoms. The van der Waals surface area contributed by atoms with Gasteiger partial charge in [-0.25, -0.2) is 13.8 Å². The number of amides is 1. The zero-order chi connectivity index (χ0) is 22.1. The molecular weight excluding hydrogens is 417 g/mol. The molecule has 0 N–H and O–H groups in total. The van der Waals surface area contributed by atoms with Crippen LogP contribution in [0.2, 0.25) is 0 Å². The number of hydrogen-bond acceptors (Lipinski definition) is 4. The van der Waals surface area contributed by atoms with E-state index in [2.05, 4.69) is 0 Å². The maximum Gasteiger partial charge on any atom is 0.336 e. The molecule has 0 aliphatic heterocycles. The first kappa shape index (κ1) is 20.7. The van der Waals surface area contributed by atoms with Crippen molar-refractivity contribution in [2.75, 3.05) is 11.4 Å². The second kappa shape index (κ2) is 8.31. The molecular formula is C23H20FN3O3S. The normalized spacial score (nSPS) is 11.1. The number of aromatic nitrogens is 2. The van der Waals surface area contributed by atoms with Crippen LogP contribution in [0, 0.1) is 12.7 Å². The van der Waals surface area contributed by atoms with E-state index < -0.39 is 17.1 Å². The van der Waals surface area contributed by atoms with Crippen LogP contribution in [-0.2, 0) is 11.3 Å². The Bertz CT molecular complexity index is 1390. The zero-order valence-corrected chi connectivity index (χ0v) is 17.9. The predicted octanol–water partition coefficient (Wildman–Crippen LogP) is 3.71. The van der Waals surface area contributed by atoms with Crippen molar-refractivity contribution in [1.82, 2.24) is 9.13 Å². The van der Waals surface area contributed by atoms with Crippen molar-refractivity contribution >= 4 is 33.1 Å². The van der Waals surface area contributed by atoms with E-state index in [9.17, 15) is 18.8 Å². The molecule has 0 bridgehead atoms. The number of hydrogen-bond donors (Lipinski definition) is 0. The smallest absolute Gasteiger partial charge is 0.311 e. The molecule has 0 saturated heterocycles. The van der Waals surface area contributed by atoms with Gasteiger partial charge >= 0.3 is 5.69 Å². The van der Waals surface area contributed by atoms with Crippen LogP contribution in [0.5, 0.6) is 0 Å². The topological polar surface area (TPSA) is 64.3 Å². The number of anilines is 1. The average molecular weight is 437 g/mol. The summed E-state index contributed by atoms with van der Waals surface area (Å²) in [6, 6.07) is 14.9. The summed E-state index contributed by atoms with van der Waals surface area (Å²) in [6.07, 6.45) is 0. The Morgan fingerprint density at radius 2 is 1.84 bits per heavy atom. The van der Waals surface area contributed by atoms with E-state index in [1.54, 1.807) is 23.3 Å². The van der Waals surface area contributed by atoms with E-state index in [0.29, 0.717) is 22.3 Å². The predicted molar refractivity (Wildman–Crippen MR) is 121 cm³/mol. The lowest BCUT2D eigenvalue weighted by Crippen LogP contribution is -2.42. The van der Waals surface area contributed by atoms with Crippen LogP contribution in [0.25, 0.3) is 15.9 Å². The summed E-state index contributed by atoms with van der Waals surface area (Å²) >= 11 is 1.20. The van der Waals surface area contributed by atoms with Gasteiger partial charge in [0.25, 0.3) is 5.56 Å². The first-order valence-electron chi connectivity index (χ1n) is 9.77. The number of para-hydroxylation sites is 1. The Morgan fingerprint density at radius 3 is 2.52 bits per heavy atom. The number of likely N-dealkylation sites (N-methyl/N-ethyl adjacent to an activating group) is 1. The Labute approximate surface area is 181 Å². The second-order valence-electron chi connectivity index (χ2n) is 7.05. The molecule has 4 rings (SSSR count). The monoisotopic (exact) mass is 437 g/mol. The average Bonchev–Trinajstić information content (AvgIpc) is 3.25. The SMILES string of the molecule is CCN(C(=O)Cn1c(=O)n(-c2ccc(F)c(C)c2)c(=O)c2sccc21)c1ccccc1. The fourth-order valence-corrected chi connectivity index (χ4v) is 4.39. The third-order valence-electron chi connectivity index (χ3n) is 5.13. The van der Waals surface area contributed by atoms with Gasteiger partial charge in [0.15, 0.2) is 0 Å². The lowest BCUT2D eigenvalue weighted by Gasteiger charge is -2.22. The number of thiophene rings is 1. The number of benzene rings is 2. The van der Waals surface area contributed by atoms with Gasteiger partial charge in [0.2, 0.25) is 5.91 Å². The highest BCUT2D eigenvalue weighted by Crippen LogP contribution is 2.19. The van der Waals surface area contributed by atoms with Gasteiger partial charge in [-0.2, -0.15) is 0 Å². The van der Waals surface area contributed by atoms with Crippen LogP contribution in [0.3, 0.4) is 0 Å². The summed E-state index contributed by atoms with van der Waals surface area (Å²) in [5.41, 5.74) is 0.596. The third-order valence-corrected chi connectivity index (χ3v) is 6.02. The van der Waals surface area contributed by atoms with Gasteiger partial charge in [0.05, 0.1) is 11.2 Å². The molecule has 4 aromatic rings. The number of halogens is 1.